The lowest BCUT2D eigenvalue weighted by Gasteiger charge is -2.25. The van der Waals surface area contributed by atoms with Crippen molar-refractivity contribution in [1.29, 1.82) is 0 Å². The van der Waals surface area contributed by atoms with Gasteiger partial charge in [0.05, 0.1) is 13.2 Å². The molecule has 132 valence electrons. The van der Waals surface area contributed by atoms with Crippen molar-refractivity contribution in [3.8, 4) is 0 Å². The second-order valence-corrected chi connectivity index (χ2v) is 7.66. The van der Waals surface area contributed by atoms with Crippen molar-refractivity contribution in [2.24, 2.45) is 11.3 Å². The first-order valence-corrected chi connectivity index (χ1v) is 8.89. The summed E-state index contributed by atoms with van der Waals surface area (Å²) >= 11 is 0. The van der Waals surface area contributed by atoms with Crippen LogP contribution in [0.2, 0.25) is 0 Å². The molecule has 25 heavy (non-hydrogen) atoms. The molecule has 5 rings (SSSR count). The highest BCUT2D eigenvalue weighted by atomic mass is 16.5. The molecule has 2 saturated heterocycles. The molecule has 1 saturated carbocycles. The first kappa shape index (κ1) is 15.1. The van der Waals surface area contributed by atoms with Gasteiger partial charge in [-0.2, -0.15) is 0 Å². The van der Waals surface area contributed by atoms with Gasteiger partial charge in [-0.15, -0.1) is 10.2 Å². The number of nitrogens with zero attached hydrogens (tertiary/aromatic N) is 3. The average molecular weight is 343 g/mol. The van der Waals surface area contributed by atoms with Gasteiger partial charge >= 0.3 is 0 Å². The monoisotopic (exact) mass is 343 g/mol. The molecule has 7 nitrogen and oxygen atoms in total. The summed E-state index contributed by atoms with van der Waals surface area (Å²) in [6, 6.07) is 3.57. The van der Waals surface area contributed by atoms with Crippen molar-refractivity contribution in [3.63, 3.8) is 0 Å². The second kappa shape index (κ2) is 5.42. The molecule has 7 heteroatoms. The molecule has 1 aliphatic carbocycles. The van der Waals surface area contributed by atoms with Crippen molar-refractivity contribution in [3.05, 3.63) is 35.4 Å². The highest BCUT2D eigenvalue weighted by Gasteiger charge is 2.53. The molecule has 2 aromatic heterocycles. The summed E-state index contributed by atoms with van der Waals surface area (Å²) in [5, 5.41) is 8.42. The van der Waals surface area contributed by atoms with E-state index in [2.05, 4.69) is 10.2 Å². The van der Waals surface area contributed by atoms with Crippen LogP contribution < -0.4 is 0 Å². The molecular formula is C18H21N3O4. The van der Waals surface area contributed by atoms with Crippen LogP contribution in [-0.4, -0.2) is 47.3 Å². The summed E-state index contributed by atoms with van der Waals surface area (Å²) in [7, 11) is 0. The first-order valence-electron chi connectivity index (χ1n) is 8.89. The number of hydrogen-bond donors (Lipinski definition) is 0. The number of carbonyl (C=O) groups is 1. The molecule has 3 fully saturated rings. The highest BCUT2D eigenvalue weighted by Crippen LogP contribution is 2.45. The Balaban J connectivity index is 1.35. The Morgan fingerprint density at radius 3 is 2.96 bits per heavy atom. The predicted octanol–water partition coefficient (Wildman–Crippen LogP) is 2.18. The van der Waals surface area contributed by atoms with Gasteiger partial charge in [-0.3, -0.25) is 4.79 Å². The number of fused-ring (bicyclic) bond motifs is 1. The minimum Gasteiger partial charge on any atom is -0.456 e. The lowest BCUT2D eigenvalue weighted by atomic mass is 9.78. The summed E-state index contributed by atoms with van der Waals surface area (Å²) in [5.74, 6) is 3.29. The molecule has 4 heterocycles. The zero-order valence-corrected chi connectivity index (χ0v) is 14.2. The van der Waals surface area contributed by atoms with Crippen LogP contribution in [0, 0.1) is 18.3 Å². The zero-order valence-electron chi connectivity index (χ0n) is 14.2. The van der Waals surface area contributed by atoms with E-state index < -0.39 is 0 Å². The van der Waals surface area contributed by atoms with Gasteiger partial charge in [0.2, 0.25) is 11.8 Å². The number of aryl methyl sites for hydroxylation is 1. The highest BCUT2D eigenvalue weighted by molar-refractivity contribution is 5.91. The van der Waals surface area contributed by atoms with E-state index in [1.807, 2.05) is 17.9 Å². The van der Waals surface area contributed by atoms with E-state index in [0.29, 0.717) is 56.2 Å². The third kappa shape index (κ3) is 2.57. The van der Waals surface area contributed by atoms with Crippen LogP contribution in [-0.2, 0) is 11.2 Å². The van der Waals surface area contributed by atoms with Gasteiger partial charge < -0.3 is 18.5 Å². The Hall–Kier alpha value is -2.15. The zero-order chi connectivity index (χ0) is 17.0. The van der Waals surface area contributed by atoms with Crippen LogP contribution >= 0.6 is 0 Å². The smallest absolute Gasteiger partial charge is 0.289 e. The van der Waals surface area contributed by atoms with Crippen molar-refractivity contribution in [1.82, 2.24) is 15.1 Å². The molecule has 2 aliphatic heterocycles. The van der Waals surface area contributed by atoms with Gasteiger partial charge in [0.15, 0.2) is 5.76 Å². The van der Waals surface area contributed by atoms with Gasteiger partial charge in [-0.1, -0.05) is 0 Å². The molecule has 0 aromatic carbocycles. The lowest BCUT2D eigenvalue weighted by molar-refractivity contribution is 0.0683. The summed E-state index contributed by atoms with van der Waals surface area (Å²) < 4.78 is 17.1. The topological polar surface area (TPSA) is 81.6 Å². The van der Waals surface area contributed by atoms with E-state index in [1.54, 1.807) is 6.07 Å². The largest absolute Gasteiger partial charge is 0.456 e. The quantitative estimate of drug-likeness (QED) is 0.846. The Morgan fingerprint density at radius 2 is 2.20 bits per heavy atom. The van der Waals surface area contributed by atoms with Crippen LogP contribution in [0.1, 0.15) is 46.9 Å². The minimum atomic E-state index is -0.134. The normalized spacial score (nSPS) is 28.5. The van der Waals surface area contributed by atoms with Crippen molar-refractivity contribution < 1.29 is 18.4 Å². The Labute approximate surface area is 145 Å². The Bertz CT molecular complexity index is 809. The molecule has 0 radical (unpaired) electrons. The van der Waals surface area contributed by atoms with E-state index in [0.717, 1.165) is 24.5 Å². The molecule has 0 bridgehead atoms. The summed E-state index contributed by atoms with van der Waals surface area (Å²) in [6.07, 6.45) is 2.95. The maximum absolute atomic E-state index is 12.7. The summed E-state index contributed by atoms with van der Waals surface area (Å²) in [5.41, 5.74) is -0.134. The maximum atomic E-state index is 12.7. The minimum absolute atomic E-state index is 0.0499. The molecular weight excluding hydrogens is 322 g/mol. The fourth-order valence-electron chi connectivity index (χ4n) is 4.08. The lowest BCUT2D eigenvalue weighted by Crippen LogP contribution is -2.35. The van der Waals surface area contributed by atoms with E-state index in [-0.39, 0.29) is 11.3 Å². The standard InChI is InChI=1S/C18H21N3O4/c1-11-2-5-14(24-11)17(22)21-7-13-8-23-10-18(13,9-21)6-15-19-20-16(25-15)12-3-4-12/h2,5,12-13H,3-4,6-10H2,1H3/t13-,18+/m1/s1. The average Bonchev–Trinajstić information content (AvgIpc) is 2.93. The number of rotatable bonds is 4. The molecule has 0 unspecified atom stereocenters. The molecule has 3 aliphatic rings. The molecule has 0 N–H and O–H groups in total. The Kier molecular flexibility index (Phi) is 3.28. The van der Waals surface area contributed by atoms with Crippen molar-refractivity contribution in [2.45, 2.75) is 32.1 Å². The van der Waals surface area contributed by atoms with E-state index in [1.165, 1.54) is 0 Å². The summed E-state index contributed by atoms with van der Waals surface area (Å²) in [6.45, 7) is 4.46. The van der Waals surface area contributed by atoms with E-state index in [4.69, 9.17) is 13.6 Å². The van der Waals surface area contributed by atoms with Gasteiger partial charge in [0.25, 0.3) is 5.91 Å². The SMILES string of the molecule is Cc1ccc(C(=O)N2C[C@@H]3COC[C@]3(Cc3nnc(C4CC4)o3)C2)o1. The predicted molar refractivity (Wildman–Crippen MR) is 86.1 cm³/mol. The van der Waals surface area contributed by atoms with Gasteiger partial charge in [0.1, 0.15) is 5.76 Å². The van der Waals surface area contributed by atoms with Gasteiger partial charge in [0, 0.05) is 36.8 Å². The van der Waals surface area contributed by atoms with E-state index in [9.17, 15) is 4.79 Å². The van der Waals surface area contributed by atoms with Crippen LogP contribution in [0.5, 0.6) is 0 Å². The third-order valence-corrected chi connectivity index (χ3v) is 5.67. The number of amides is 1. The van der Waals surface area contributed by atoms with Crippen molar-refractivity contribution >= 4 is 5.91 Å². The van der Waals surface area contributed by atoms with Crippen LogP contribution in [0.3, 0.4) is 0 Å². The summed E-state index contributed by atoms with van der Waals surface area (Å²) in [4.78, 5) is 14.6. The molecule has 2 aromatic rings. The molecule has 1 amide bonds. The second-order valence-electron chi connectivity index (χ2n) is 7.66. The Morgan fingerprint density at radius 1 is 1.32 bits per heavy atom. The van der Waals surface area contributed by atoms with Crippen molar-refractivity contribution in [2.75, 3.05) is 26.3 Å². The van der Waals surface area contributed by atoms with Crippen LogP contribution in [0.15, 0.2) is 21.0 Å². The number of furan rings is 1. The number of aromatic nitrogens is 2. The van der Waals surface area contributed by atoms with Crippen LogP contribution in [0.4, 0.5) is 0 Å². The first-order chi connectivity index (χ1) is 12.1. The molecule has 2 atom stereocenters. The van der Waals surface area contributed by atoms with Gasteiger partial charge in [-0.25, -0.2) is 0 Å². The third-order valence-electron chi connectivity index (χ3n) is 5.67. The number of hydrogen-bond acceptors (Lipinski definition) is 6. The molecule has 0 spiro atoms. The number of likely N-dealkylation sites (tertiary alicyclic amines) is 1. The fourth-order valence-corrected chi connectivity index (χ4v) is 4.08. The van der Waals surface area contributed by atoms with Crippen LogP contribution in [0.25, 0.3) is 0 Å². The number of ether oxygens (including phenoxy) is 1. The fraction of sp³-hybridized carbons (Fsp3) is 0.611. The van der Waals surface area contributed by atoms with Gasteiger partial charge in [-0.05, 0) is 31.9 Å². The number of carbonyl (C=O) groups excluding carboxylic acids is 1. The van der Waals surface area contributed by atoms with E-state index >= 15 is 0 Å². The maximum Gasteiger partial charge on any atom is 0.289 e.